The summed E-state index contributed by atoms with van der Waals surface area (Å²) in [6, 6.07) is 3.92. The number of benzene rings is 1. The molecule has 1 aromatic carbocycles. The Labute approximate surface area is 87.5 Å². The lowest BCUT2D eigenvalue weighted by molar-refractivity contribution is 0.584. The second-order valence-electron chi connectivity index (χ2n) is 2.51. The molecule has 0 heterocycles. The fraction of sp³-hybridized carbons (Fsp3) is 0.250. The van der Waals surface area contributed by atoms with Gasteiger partial charge in [-0.05, 0) is 12.1 Å². The van der Waals surface area contributed by atoms with Gasteiger partial charge in [0.1, 0.15) is 5.82 Å². The van der Waals surface area contributed by atoms with Crippen LogP contribution in [0.25, 0.3) is 0 Å². The van der Waals surface area contributed by atoms with Crippen molar-refractivity contribution in [1.82, 2.24) is 0 Å². The van der Waals surface area contributed by atoms with E-state index in [0.29, 0.717) is 10.6 Å². The molecule has 13 heavy (non-hydrogen) atoms. The van der Waals surface area contributed by atoms with Crippen LogP contribution in [0.2, 0.25) is 5.02 Å². The van der Waals surface area contributed by atoms with Crippen LogP contribution in [0.5, 0.6) is 0 Å². The molecule has 1 atom stereocenters. The summed E-state index contributed by atoms with van der Waals surface area (Å²) in [5, 5.41) is 0.362. The molecular weight excluding hydrogens is 214 g/mol. The van der Waals surface area contributed by atoms with E-state index in [4.69, 9.17) is 23.1 Å². The summed E-state index contributed by atoms with van der Waals surface area (Å²) in [6.07, 6.45) is 0. The highest BCUT2D eigenvalue weighted by atomic mass is 35.5. The van der Waals surface area contributed by atoms with Crippen molar-refractivity contribution in [3.63, 3.8) is 0 Å². The van der Waals surface area contributed by atoms with E-state index < -0.39 is 11.9 Å². The molecule has 0 aliphatic heterocycles. The Hall–Kier alpha value is -0.350. The maximum atomic E-state index is 13.1. The van der Waals surface area contributed by atoms with Crippen LogP contribution < -0.4 is 11.5 Å². The molecule has 74 valence electrons. The molecule has 0 aliphatic rings. The topological polar surface area (TPSA) is 52.0 Å². The molecule has 1 aromatic rings. The van der Waals surface area contributed by atoms with E-state index in [9.17, 15) is 4.39 Å². The van der Waals surface area contributed by atoms with Crippen molar-refractivity contribution < 1.29 is 4.39 Å². The summed E-state index contributed by atoms with van der Waals surface area (Å²) < 4.78 is 13.1. The zero-order valence-corrected chi connectivity index (χ0v) is 8.41. The first-order valence-electron chi connectivity index (χ1n) is 3.55. The van der Waals surface area contributed by atoms with Gasteiger partial charge in [-0.1, -0.05) is 17.7 Å². The molecule has 0 spiro atoms. The predicted octanol–water partition coefficient (Wildman–Crippen LogP) is 1.86. The van der Waals surface area contributed by atoms with Crippen LogP contribution in [-0.2, 0) is 0 Å². The van der Waals surface area contributed by atoms with Crippen molar-refractivity contribution in [1.29, 1.82) is 0 Å². The van der Waals surface area contributed by atoms with E-state index in [2.05, 4.69) is 0 Å². The molecule has 0 radical (unpaired) electrons. The van der Waals surface area contributed by atoms with E-state index in [-0.39, 0.29) is 19.0 Å². The minimum atomic E-state index is -0.456. The molecule has 0 fully saturated rings. The van der Waals surface area contributed by atoms with Crippen molar-refractivity contribution in [3.8, 4) is 0 Å². The lowest BCUT2D eigenvalue weighted by Gasteiger charge is -2.09. The van der Waals surface area contributed by atoms with Gasteiger partial charge in [0.05, 0.1) is 0 Å². The molecule has 5 heteroatoms. The Morgan fingerprint density at radius 2 is 2.08 bits per heavy atom. The Kier molecular flexibility index (Phi) is 5.25. The molecule has 0 aromatic heterocycles. The second-order valence-corrected chi connectivity index (χ2v) is 2.94. The zero-order valence-electron chi connectivity index (χ0n) is 6.84. The number of nitrogens with two attached hydrogens (primary N) is 2. The third-order valence-electron chi connectivity index (χ3n) is 1.62. The van der Waals surface area contributed by atoms with E-state index in [0.717, 1.165) is 0 Å². The first-order valence-corrected chi connectivity index (χ1v) is 3.93. The smallest absolute Gasteiger partial charge is 0.129 e. The van der Waals surface area contributed by atoms with Gasteiger partial charge >= 0.3 is 0 Å². The number of halogens is 3. The van der Waals surface area contributed by atoms with Gasteiger partial charge in [0.25, 0.3) is 0 Å². The molecular formula is C8H11Cl2FN2. The molecule has 0 amide bonds. The summed E-state index contributed by atoms with van der Waals surface area (Å²) in [5.41, 5.74) is 11.2. The third kappa shape index (κ3) is 3.12. The normalized spacial score (nSPS) is 12.0. The van der Waals surface area contributed by atoms with Gasteiger partial charge in [-0.15, -0.1) is 12.4 Å². The Balaban J connectivity index is 0.00000144. The van der Waals surface area contributed by atoms with Crippen LogP contribution in [0.4, 0.5) is 4.39 Å². The van der Waals surface area contributed by atoms with Gasteiger partial charge in [0.2, 0.25) is 0 Å². The summed E-state index contributed by atoms with van der Waals surface area (Å²) in [6.45, 7) is 0.221. The lowest BCUT2D eigenvalue weighted by atomic mass is 10.1. The van der Waals surface area contributed by atoms with E-state index in [1.54, 1.807) is 12.1 Å². The number of hydrogen-bond donors (Lipinski definition) is 2. The number of hydrogen-bond acceptors (Lipinski definition) is 2. The van der Waals surface area contributed by atoms with Crippen molar-refractivity contribution >= 4 is 24.0 Å². The van der Waals surface area contributed by atoms with Crippen molar-refractivity contribution in [2.75, 3.05) is 6.54 Å². The summed E-state index contributed by atoms with van der Waals surface area (Å²) >= 11 is 5.55. The van der Waals surface area contributed by atoms with E-state index in [1.807, 2.05) is 0 Å². The summed E-state index contributed by atoms with van der Waals surface area (Å²) in [7, 11) is 0. The molecule has 0 saturated carbocycles. The zero-order chi connectivity index (χ0) is 9.14. The van der Waals surface area contributed by atoms with E-state index in [1.165, 1.54) is 6.07 Å². The molecule has 0 bridgehead atoms. The van der Waals surface area contributed by atoms with Crippen LogP contribution >= 0.6 is 24.0 Å². The van der Waals surface area contributed by atoms with Gasteiger partial charge in [0, 0.05) is 23.2 Å². The Morgan fingerprint density at radius 3 is 2.54 bits per heavy atom. The first-order chi connectivity index (χ1) is 5.65. The molecule has 0 unspecified atom stereocenters. The first kappa shape index (κ1) is 12.7. The highest BCUT2D eigenvalue weighted by Gasteiger charge is 2.09. The van der Waals surface area contributed by atoms with Gasteiger partial charge in [-0.2, -0.15) is 0 Å². The molecule has 2 nitrogen and oxygen atoms in total. The van der Waals surface area contributed by atoms with Gasteiger partial charge in [-0.25, -0.2) is 4.39 Å². The summed E-state index contributed by atoms with van der Waals surface area (Å²) in [4.78, 5) is 0. The standard InChI is InChI=1S/C8H10ClFN2.ClH/c9-5-1-2-6(7(10)3-5)8(12)4-11;/h1-3,8H,4,11-12H2;1H/t8-;/m1./s1. The van der Waals surface area contributed by atoms with E-state index >= 15 is 0 Å². The minimum Gasteiger partial charge on any atom is -0.329 e. The van der Waals surface area contributed by atoms with Crippen LogP contribution in [0.1, 0.15) is 11.6 Å². The Morgan fingerprint density at radius 1 is 1.46 bits per heavy atom. The molecule has 0 aliphatic carbocycles. The van der Waals surface area contributed by atoms with Crippen LogP contribution in [-0.4, -0.2) is 6.54 Å². The highest BCUT2D eigenvalue weighted by molar-refractivity contribution is 6.30. The average molecular weight is 225 g/mol. The van der Waals surface area contributed by atoms with Crippen molar-refractivity contribution in [2.45, 2.75) is 6.04 Å². The van der Waals surface area contributed by atoms with Crippen molar-refractivity contribution in [3.05, 3.63) is 34.6 Å². The predicted molar refractivity (Wildman–Crippen MR) is 54.6 cm³/mol. The van der Waals surface area contributed by atoms with Crippen LogP contribution in [0.3, 0.4) is 0 Å². The highest BCUT2D eigenvalue weighted by Crippen LogP contribution is 2.18. The van der Waals surface area contributed by atoms with Crippen LogP contribution in [0.15, 0.2) is 18.2 Å². The third-order valence-corrected chi connectivity index (χ3v) is 1.85. The molecule has 1 rings (SSSR count). The average Bonchev–Trinajstić information content (AvgIpc) is 2.03. The quantitative estimate of drug-likeness (QED) is 0.807. The van der Waals surface area contributed by atoms with Gasteiger partial charge in [-0.3, -0.25) is 0 Å². The minimum absolute atomic E-state index is 0. The van der Waals surface area contributed by atoms with Gasteiger partial charge in [0.15, 0.2) is 0 Å². The second kappa shape index (κ2) is 5.40. The largest absolute Gasteiger partial charge is 0.329 e. The maximum absolute atomic E-state index is 13.1. The fourth-order valence-corrected chi connectivity index (χ4v) is 1.09. The molecule has 0 saturated heterocycles. The maximum Gasteiger partial charge on any atom is 0.129 e. The monoisotopic (exact) mass is 224 g/mol. The van der Waals surface area contributed by atoms with Gasteiger partial charge < -0.3 is 11.5 Å². The SMILES string of the molecule is Cl.NC[C@@H](N)c1ccc(Cl)cc1F. The number of rotatable bonds is 2. The van der Waals surface area contributed by atoms with Crippen molar-refractivity contribution in [2.24, 2.45) is 11.5 Å². The fourth-order valence-electron chi connectivity index (χ4n) is 0.929. The van der Waals surface area contributed by atoms with Crippen LogP contribution in [0, 0.1) is 5.82 Å². The summed E-state index contributed by atoms with van der Waals surface area (Å²) in [5.74, 6) is -0.402. The molecule has 4 N–H and O–H groups in total. The lowest BCUT2D eigenvalue weighted by Crippen LogP contribution is -2.21. The Bertz CT molecular complexity index is 281.